The van der Waals surface area contributed by atoms with Gasteiger partial charge in [-0.25, -0.2) is 0 Å². The first-order valence-corrected chi connectivity index (χ1v) is 28.4. The number of amides is 1. The van der Waals surface area contributed by atoms with Gasteiger partial charge in [-0.05, 0) is 89.9 Å². The van der Waals surface area contributed by atoms with Crippen LogP contribution in [0.2, 0.25) is 0 Å². The fourth-order valence-corrected chi connectivity index (χ4v) is 8.55. The van der Waals surface area contributed by atoms with Crippen LogP contribution in [0, 0.1) is 0 Å². The van der Waals surface area contributed by atoms with Crippen molar-refractivity contribution in [1.29, 1.82) is 0 Å². The summed E-state index contributed by atoms with van der Waals surface area (Å²) in [7, 11) is 0. The minimum Gasteiger partial charge on any atom is -0.462 e. The van der Waals surface area contributed by atoms with Gasteiger partial charge in [0.2, 0.25) is 5.91 Å². The fourth-order valence-electron chi connectivity index (χ4n) is 8.55. The highest BCUT2D eigenvalue weighted by Crippen LogP contribution is 2.18. The first-order chi connectivity index (χ1) is 32.0. The van der Waals surface area contributed by atoms with E-state index in [0.717, 1.165) is 89.9 Å². The third-order valence-electron chi connectivity index (χ3n) is 12.9. The second-order valence-electron chi connectivity index (χ2n) is 19.3. The Morgan fingerprint density at radius 2 is 0.785 bits per heavy atom. The molecular formula is C59H109NO5. The quantitative estimate of drug-likeness (QED) is 0.0321. The molecule has 1 amide bonds. The van der Waals surface area contributed by atoms with Gasteiger partial charge in [-0.2, -0.15) is 0 Å². The lowest BCUT2D eigenvalue weighted by molar-refractivity contribution is -0.151. The Hall–Kier alpha value is -2.18. The molecule has 3 N–H and O–H groups in total. The molecular weight excluding hydrogens is 803 g/mol. The van der Waals surface area contributed by atoms with E-state index >= 15 is 0 Å². The highest BCUT2D eigenvalue weighted by atomic mass is 16.5. The normalized spacial score (nSPS) is 13.5. The maximum absolute atomic E-state index is 13.2. The summed E-state index contributed by atoms with van der Waals surface area (Å²) < 4.78 is 5.94. The number of aliphatic hydroxyl groups excluding tert-OH is 2. The van der Waals surface area contributed by atoms with E-state index in [0.29, 0.717) is 19.3 Å². The van der Waals surface area contributed by atoms with Gasteiger partial charge in [0.1, 0.15) is 6.10 Å². The summed E-state index contributed by atoms with van der Waals surface area (Å²) in [6.45, 7) is 6.46. The highest BCUT2D eigenvalue weighted by molar-refractivity contribution is 5.77. The number of nitrogens with one attached hydrogen (secondary N) is 1. The number of allylic oxidation sites excluding steroid dienone is 8. The number of esters is 1. The van der Waals surface area contributed by atoms with Crippen LogP contribution in [0.5, 0.6) is 0 Å². The third kappa shape index (κ3) is 48.1. The lowest BCUT2D eigenvalue weighted by Gasteiger charge is -2.24. The standard InChI is InChI=1S/C59H109NO5/c1-4-7-10-13-16-19-22-25-27-29-31-34-37-40-43-46-49-52-59(64)65-55(50-47-44-41-38-35-32-24-21-18-15-12-9-6-3)53-58(63)60-56(54-61)57(62)51-48-45-42-39-36-33-30-28-26-23-20-17-14-11-8-5-2/h16,19,21,24-25,27,31,34,55-57,61-62H,4-15,17-18,20,22-23,26,28-30,32-33,35-54H2,1-3H3,(H,60,63)/b19-16-,24-21-,27-25-,34-31-. The molecule has 0 aliphatic rings. The Kier molecular flexibility index (Phi) is 51.0. The molecule has 0 saturated carbocycles. The van der Waals surface area contributed by atoms with Crippen LogP contribution in [-0.4, -0.2) is 46.9 Å². The summed E-state index contributed by atoms with van der Waals surface area (Å²) in [6.07, 6.45) is 64.5. The van der Waals surface area contributed by atoms with E-state index in [1.807, 2.05) is 0 Å². The fraction of sp³-hybridized carbons (Fsp3) is 0.831. The molecule has 0 spiro atoms. The zero-order valence-corrected chi connectivity index (χ0v) is 43.4. The van der Waals surface area contributed by atoms with E-state index in [9.17, 15) is 19.8 Å². The summed E-state index contributed by atoms with van der Waals surface area (Å²) in [5, 5.41) is 23.9. The number of unbranched alkanes of at least 4 members (excludes halogenated alkanes) is 31. The van der Waals surface area contributed by atoms with E-state index in [1.165, 1.54) is 154 Å². The van der Waals surface area contributed by atoms with Crippen LogP contribution in [0.15, 0.2) is 48.6 Å². The molecule has 3 unspecified atom stereocenters. The molecule has 0 aliphatic heterocycles. The molecule has 380 valence electrons. The molecule has 0 aromatic rings. The van der Waals surface area contributed by atoms with Crippen molar-refractivity contribution >= 4 is 11.9 Å². The molecule has 0 radical (unpaired) electrons. The van der Waals surface area contributed by atoms with E-state index in [1.54, 1.807) is 0 Å². The SMILES string of the molecule is CCCCC/C=C\C/C=C\C/C=C\CCCCCCC(=O)OC(CCCCCCC/C=C\CCCCCC)CC(=O)NC(CO)C(O)CCCCCCCCCCCCCCCCCC. The molecule has 0 saturated heterocycles. The Labute approximate surface area is 404 Å². The molecule has 3 atom stereocenters. The molecule has 6 heteroatoms. The molecule has 0 bridgehead atoms. The first kappa shape index (κ1) is 62.8. The summed E-state index contributed by atoms with van der Waals surface area (Å²) in [6, 6.07) is -0.709. The summed E-state index contributed by atoms with van der Waals surface area (Å²) in [5.41, 5.74) is 0. The molecule has 0 aromatic carbocycles. The Balaban J connectivity index is 4.56. The average Bonchev–Trinajstić information content (AvgIpc) is 3.30. The molecule has 0 aromatic heterocycles. The predicted octanol–water partition coefficient (Wildman–Crippen LogP) is 17.4. The molecule has 65 heavy (non-hydrogen) atoms. The smallest absolute Gasteiger partial charge is 0.306 e. The summed E-state index contributed by atoms with van der Waals surface area (Å²) in [5.74, 6) is -0.499. The number of hydrogen-bond donors (Lipinski definition) is 3. The molecule has 0 rings (SSSR count). The number of aliphatic hydroxyl groups is 2. The number of rotatable bonds is 51. The van der Waals surface area contributed by atoms with E-state index < -0.39 is 18.2 Å². The number of ether oxygens (including phenoxy) is 1. The lowest BCUT2D eigenvalue weighted by atomic mass is 10.0. The van der Waals surface area contributed by atoms with Gasteiger partial charge in [-0.3, -0.25) is 9.59 Å². The van der Waals surface area contributed by atoms with Crippen molar-refractivity contribution in [2.45, 2.75) is 309 Å². The number of carbonyl (C=O) groups excluding carboxylic acids is 2. The topological polar surface area (TPSA) is 95.9 Å². The second kappa shape index (κ2) is 52.8. The highest BCUT2D eigenvalue weighted by Gasteiger charge is 2.24. The zero-order chi connectivity index (χ0) is 47.4. The average molecular weight is 913 g/mol. The lowest BCUT2D eigenvalue weighted by Crippen LogP contribution is -2.46. The first-order valence-electron chi connectivity index (χ1n) is 28.4. The van der Waals surface area contributed by atoms with Gasteiger partial charge < -0.3 is 20.3 Å². The van der Waals surface area contributed by atoms with Crippen molar-refractivity contribution < 1.29 is 24.5 Å². The van der Waals surface area contributed by atoms with Crippen LogP contribution >= 0.6 is 0 Å². The van der Waals surface area contributed by atoms with Gasteiger partial charge in [0, 0.05) is 6.42 Å². The Morgan fingerprint density at radius 3 is 1.25 bits per heavy atom. The van der Waals surface area contributed by atoms with Crippen LogP contribution in [0.1, 0.15) is 290 Å². The van der Waals surface area contributed by atoms with Crippen LogP contribution in [0.25, 0.3) is 0 Å². The maximum atomic E-state index is 13.2. The van der Waals surface area contributed by atoms with Crippen LogP contribution in [-0.2, 0) is 14.3 Å². The Bertz CT molecular complexity index is 1110. The van der Waals surface area contributed by atoms with Crippen molar-refractivity contribution in [3.63, 3.8) is 0 Å². The van der Waals surface area contributed by atoms with E-state index in [4.69, 9.17) is 4.74 Å². The van der Waals surface area contributed by atoms with Gasteiger partial charge in [0.15, 0.2) is 0 Å². The van der Waals surface area contributed by atoms with E-state index in [2.05, 4.69) is 74.7 Å². The van der Waals surface area contributed by atoms with Gasteiger partial charge in [0.25, 0.3) is 0 Å². The van der Waals surface area contributed by atoms with Gasteiger partial charge in [-0.15, -0.1) is 0 Å². The second-order valence-corrected chi connectivity index (χ2v) is 19.3. The predicted molar refractivity (Wildman–Crippen MR) is 282 cm³/mol. The van der Waals surface area contributed by atoms with E-state index in [-0.39, 0.29) is 24.9 Å². The molecule has 0 fully saturated rings. The monoisotopic (exact) mass is 912 g/mol. The van der Waals surface area contributed by atoms with Crippen molar-refractivity contribution in [2.24, 2.45) is 0 Å². The van der Waals surface area contributed by atoms with Crippen molar-refractivity contribution in [1.82, 2.24) is 5.32 Å². The van der Waals surface area contributed by atoms with Crippen molar-refractivity contribution in [2.75, 3.05) is 6.61 Å². The van der Waals surface area contributed by atoms with Crippen LogP contribution in [0.3, 0.4) is 0 Å². The molecule has 6 nitrogen and oxygen atoms in total. The summed E-state index contributed by atoms with van der Waals surface area (Å²) in [4.78, 5) is 26.2. The van der Waals surface area contributed by atoms with Crippen molar-refractivity contribution in [3.8, 4) is 0 Å². The third-order valence-corrected chi connectivity index (χ3v) is 12.9. The maximum Gasteiger partial charge on any atom is 0.306 e. The Morgan fingerprint density at radius 1 is 0.446 bits per heavy atom. The largest absolute Gasteiger partial charge is 0.462 e. The summed E-state index contributed by atoms with van der Waals surface area (Å²) >= 11 is 0. The zero-order valence-electron chi connectivity index (χ0n) is 43.4. The van der Waals surface area contributed by atoms with Gasteiger partial charge in [0.05, 0.1) is 25.2 Å². The van der Waals surface area contributed by atoms with Gasteiger partial charge >= 0.3 is 5.97 Å². The van der Waals surface area contributed by atoms with Crippen LogP contribution in [0.4, 0.5) is 0 Å². The van der Waals surface area contributed by atoms with Crippen molar-refractivity contribution in [3.05, 3.63) is 48.6 Å². The van der Waals surface area contributed by atoms with Gasteiger partial charge in [-0.1, -0.05) is 236 Å². The minimum atomic E-state index is -0.794. The molecule has 0 heterocycles. The molecule has 0 aliphatic carbocycles. The number of hydrogen-bond acceptors (Lipinski definition) is 5. The van der Waals surface area contributed by atoms with Crippen LogP contribution < -0.4 is 5.32 Å². The number of carbonyl (C=O) groups is 2. The minimum absolute atomic E-state index is 0.0638.